The van der Waals surface area contributed by atoms with Crippen molar-refractivity contribution >= 4 is 40.6 Å². The number of esters is 1. The van der Waals surface area contributed by atoms with Gasteiger partial charge in [0.15, 0.2) is 0 Å². The molecule has 1 heterocycles. The molecule has 132 valence electrons. The molecule has 0 unspecified atom stereocenters. The number of benzene rings is 1. The number of aryl methyl sites for hydroxylation is 1. The van der Waals surface area contributed by atoms with E-state index in [1.54, 1.807) is 26.0 Å². The topological polar surface area (TPSA) is 107 Å². The lowest BCUT2D eigenvalue weighted by Crippen LogP contribution is -2.42. The van der Waals surface area contributed by atoms with Gasteiger partial charge in [-0.1, -0.05) is 12.1 Å². The van der Waals surface area contributed by atoms with Gasteiger partial charge >= 0.3 is 5.97 Å². The second kappa shape index (κ2) is 7.47. The summed E-state index contributed by atoms with van der Waals surface area (Å²) in [6.45, 7) is 4.79. The number of nitrogens with zero attached hydrogens (tertiary/aromatic N) is 2. The fourth-order valence-electron chi connectivity index (χ4n) is 2.25. The van der Waals surface area contributed by atoms with E-state index in [0.29, 0.717) is 22.9 Å². The second-order valence-corrected chi connectivity index (χ2v) is 6.28. The molecule has 0 spiro atoms. The SMILES string of the molecule is CCOC(=O)[C@@H](C)N1C(=O)S/C(=C/c2ccc(C)c([N+](=O)[O-])c2)C1=O. The first-order chi connectivity index (χ1) is 11.8. The Hall–Kier alpha value is -2.68. The fourth-order valence-corrected chi connectivity index (χ4v) is 3.15. The molecule has 2 amide bonds. The van der Waals surface area contributed by atoms with E-state index in [1.807, 2.05) is 0 Å². The van der Waals surface area contributed by atoms with E-state index in [1.165, 1.54) is 19.1 Å². The first-order valence-electron chi connectivity index (χ1n) is 7.45. The van der Waals surface area contributed by atoms with Crippen molar-refractivity contribution in [3.8, 4) is 0 Å². The van der Waals surface area contributed by atoms with Crippen molar-refractivity contribution in [2.24, 2.45) is 0 Å². The molecule has 1 aromatic carbocycles. The van der Waals surface area contributed by atoms with E-state index in [0.717, 1.165) is 4.90 Å². The normalized spacial score (nSPS) is 17.1. The maximum absolute atomic E-state index is 12.4. The lowest BCUT2D eigenvalue weighted by Gasteiger charge is -2.19. The molecule has 1 aliphatic rings. The summed E-state index contributed by atoms with van der Waals surface area (Å²) in [6, 6.07) is 3.48. The van der Waals surface area contributed by atoms with Gasteiger partial charge in [-0.3, -0.25) is 24.6 Å². The summed E-state index contributed by atoms with van der Waals surface area (Å²) in [5.74, 6) is -1.30. The van der Waals surface area contributed by atoms with Crippen molar-refractivity contribution in [2.75, 3.05) is 6.61 Å². The molecular weight excluding hydrogens is 348 g/mol. The van der Waals surface area contributed by atoms with E-state index in [-0.39, 0.29) is 17.2 Å². The number of ether oxygens (including phenoxy) is 1. The summed E-state index contributed by atoms with van der Waals surface area (Å²) in [5, 5.41) is 10.4. The summed E-state index contributed by atoms with van der Waals surface area (Å²) >= 11 is 0.680. The summed E-state index contributed by atoms with van der Waals surface area (Å²) in [6.07, 6.45) is 1.40. The molecule has 1 fully saturated rings. The molecule has 0 saturated carbocycles. The van der Waals surface area contributed by atoms with Crippen LogP contribution in [0.5, 0.6) is 0 Å². The van der Waals surface area contributed by atoms with Gasteiger partial charge < -0.3 is 4.74 Å². The molecule has 0 aliphatic carbocycles. The zero-order valence-corrected chi connectivity index (χ0v) is 14.7. The van der Waals surface area contributed by atoms with Crippen LogP contribution >= 0.6 is 11.8 Å². The molecule has 25 heavy (non-hydrogen) atoms. The predicted molar refractivity (Wildman–Crippen MR) is 91.7 cm³/mol. The van der Waals surface area contributed by atoms with E-state index in [4.69, 9.17) is 4.74 Å². The molecule has 9 heteroatoms. The van der Waals surface area contributed by atoms with Crippen LogP contribution in [-0.4, -0.2) is 39.6 Å². The maximum atomic E-state index is 12.4. The Morgan fingerprint density at radius 1 is 1.44 bits per heavy atom. The Labute approximate surface area is 148 Å². The van der Waals surface area contributed by atoms with Crippen LogP contribution in [0.1, 0.15) is 25.0 Å². The van der Waals surface area contributed by atoms with Gasteiger partial charge in [0.2, 0.25) is 0 Å². The van der Waals surface area contributed by atoms with Crippen molar-refractivity contribution in [3.05, 3.63) is 44.3 Å². The minimum Gasteiger partial charge on any atom is -0.464 e. The zero-order valence-electron chi connectivity index (χ0n) is 13.8. The maximum Gasteiger partial charge on any atom is 0.329 e. The van der Waals surface area contributed by atoms with Gasteiger partial charge in [0.05, 0.1) is 16.4 Å². The molecule has 0 radical (unpaired) electrons. The van der Waals surface area contributed by atoms with Crippen LogP contribution in [-0.2, 0) is 14.3 Å². The molecule has 1 atom stereocenters. The van der Waals surface area contributed by atoms with Crippen molar-refractivity contribution in [1.29, 1.82) is 0 Å². The van der Waals surface area contributed by atoms with Crippen LogP contribution < -0.4 is 0 Å². The number of amides is 2. The molecule has 2 rings (SSSR count). The van der Waals surface area contributed by atoms with Crippen molar-refractivity contribution in [1.82, 2.24) is 4.90 Å². The third-order valence-electron chi connectivity index (χ3n) is 3.57. The predicted octanol–water partition coefficient (Wildman–Crippen LogP) is 2.89. The van der Waals surface area contributed by atoms with Crippen LogP contribution in [0.2, 0.25) is 0 Å². The Morgan fingerprint density at radius 2 is 2.12 bits per heavy atom. The lowest BCUT2D eigenvalue weighted by atomic mass is 10.1. The minimum atomic E-state index is -1.04. The number of thioether (sulfide) groups is 1. The van der Waals surface area contributed by atoms with Gasteiger partial charge in [0.25, 0.3) is 16.8 Å². The van der Waals surface area contributed by atoms with Gasteiger partial charge in [0.1, 0.15) is 6.04 Å². The molecule has 8 nitrogen and oxygen atoms in total. The third-order valence-corrected chi connectivity index (χ3v) is 4.45. The van der Waals surface area contributed by atoms with Crippen LogP contribution in [0, 0.1) is 17.0 Å². The molecule has 1 aromatic rings. The monoisotopic (exact) mass is 364 g/mol. The van der Waals surface area contributed by atoms with Gasteiger partial charge in [-0.25, -0.2) is 4.79 Å². The number of nitro groups is 1. The molecule has 0 bridgehead atoms. The van der Waals surface area contributed by atoms with E-state index in [2.05, 4.69) is 0 Å². The highest BCUT2D eigenvalue weighted by Gasteiger charge is 2.41. The quantitative estimate of drug-likeness (QED) is 0.342. The summed E-state index contributed by atoms with van der Waals surface area (Å²) in [7, 11) is 0. The van der Waals surface area contributed by atoms with Gasteiger partial charge in [-0.2, -0.15) is 0 Å². The summed E-state index contributed by atoms with van der Waals surface area (Å²) in [4.78, 5) is 47.7. The van der Waals surface area contributed by atoms with E-state index >= 15 is 0 Å². The largest absolute Gasteiger partial charge is 0.464 e. The number of nitro benzene ring substituents is 1. The number of rotatable bonds is 5. The smallest absolute Gasteiger partial charge is 0.329 e. The summed E-state index contributed by atoms with van der Waals surface area (Å²) in [5.41, 5.74) is 0.839. The second-order valence-electron chi connectivity index (χ2n) is 5.28. The van der Waals surface area contributed by atoms with Crippen LogP contribution in [0.15, 0.2) is 23.1 Å². The number of hydrogen-bond acceptors (Lipinski definition) is 7. The van der Waals surface area contributed by atoms with Gasteiger partial charge in [-0.05, 0) is 44.2 Å². The Morgan fingerprint density at radius 3 is 2.72 bits per heavy atom. The first-order valence-corrected chi connectivity index (χ1v) is 8.26. The van der Waals surface area contributed by atoms with Crippen LogP contribution in [0.3, 0.4) is 0 Å². The standard InChI is InChI=1S/C16H16N2O6S/c1-4-24-15(20)10(3)17-14(19)13(25-16(17)21)8-11-6-5-9(2)12(7-11)18(22)23/h5-8,10H,4H2,1-3H3/b13-8+/t10-/m1/s1. The Bertz CT molecular complexity index is 789. The minimum absolute atomic E-state index is 0.0760. The van der Waals surface area contributed by atoms with Crippen molar-refractivity contribution in [2.45, 2.75) is 26.8 Å². The highest BCUT2D eigenvalue weighted by atomic mass is 32.2. The number of hydrogen-bond donors (Lipinski definition) is 0. The van der Waals surface area contributed by atoms with E-state index < -0.39 is 28.1 Å². The van der Waals surface area contributed by atoms with E-state index in [9.17, 15) is 24.5 Å². The lowest BCUT2D eigenvalue weighted by molar-refractivity contribution is -0.385. The highest BCUT2D eigenvalue weighted by molar-refractivity contribution is 8.18. The Balaban J connectivity index is 2.30. The van der Waals surface area contributed by atoms with Gasteiger partial charge in [-0.15, -0.1) is 0 Å². The zero-order chi connectivity index (χ0) is 18.7. The molecule has 0 N–H and O–H groups in total. The number of imide groups is 1. The average molecular weight is 364 g/mol. The summed E-state index contributed by atoms with van der Waals surface area (Å²) < 4.78 is 4.83. The average Bonchev–Trinajstić information content (AvgIpc) is 2.82. The molecule has 1 saturated heterocycles. The van der Waals surface area contributed by atoms with Crippen molar-refractivity contribution < 1.29 is 24.0 Å². The van der Waals surface area contributed by atoms with Crippen LogP contribution in [0.25, 0.3) is 6.08 Å². The number of carbonyl (C=O) groups is 3. The molecule has 0 aromatic heterocycles. The van der Waals surface area contributed by atoms with Gasteiger partial charge in [0, 0.05) is 11.6 Å². The molecule has 1 aliphatic heterocycles. The van der Waals surface area contributed by atoms with Crippen LogP contribution in [0.4, 0.5) is 10.5 Å². The third kappa shape index (κ3) is 3.87. The fraction of sp³-hybridized carbons (Fsp3) is 0.312. The number of carbonyl (C=O) groups excluding carboxylic acids is 3. The first kappa shape index (κ1) is 18.7. The molecular formula is C16H16N2O6S. The highest BCUT2D eigenvalue weighted by Crippen LogP contribution is 2.34. The Kier molecular flexibility index (Phi) is 5.58. The van der Waals surface area contributed by atoms with Crippen molar-refractivity contribution in [3.63, 3.8) is 0 Å².